The Morgan fingerprint density at radius 2 is 1.68 bits per heavy atom. The Kier molecular flexibility index (Phi) is 5.42. The molecule has 2 N–H and O–H groups in total. The zero-order chi connectivity index (χ0) is 15.9. The maximum atomic E-state index is 11.7. The summed E-state index contributed by atoms with van der Waals surface area (Å²) in [5.41, 5.74) is 2.64. The van der Waals surface area contributed by atoms with Crippen LogP contribution in [0.3, 0.4) is 0 Å². The van der Waals surface area contributed by atoms with E-state index in [1.165, 1.54) is 0 Å². The number of rotatable bonds is 6. The lowest BCUT2D eigenvalue weighted by molar-refractivity contribution is -0.116. The summed E-state index contributed by atoms with van der Waals surface area (Å²) in [4.78, 5) is 11.7. The summed E-state index contributed by atoms with van der Waals surface area (Å²) in [6.07, 6.45) is 0.529. The van der Waals surface area contributed by atoms with Crippen LogP contribution in [0.15, 0.2) is 48.5 Å². The molecule has 0 fully saturated rings. The third-order valence-electron chi connectivity index (χ3n) is 3.15. The third-order valence-corrected chi connectivity index (χ3v) is 3.15. The molecule has 0 aliphatic carbocycles. The van der Waals surface area contributed by atoms with Crippen LogP contribution in [0.2, 0.25) is 0 Å². The Balaban J connectivity index is 2.01. The summed E-state index contributed by atoms with van der Waals surface area (Å²) in [6, 6.07) is 15.4. The fraction of sp³-hybridized carbons (Fsp3) is 0.278. The quantitative estimate of drug-likeness (QED) is 0.829. The minimum absolute atomic E-state index is 0.0421. The summed E-state index contributed by atoms with van der Waals surface area (Å²) in [5, 5.41) is 6.19. The molecule has 2 aromatic rings. The van der Waals surface area contributed by atoms with E-state index in [2.05, 4.69) is 10.6 Å². The molecule has 0 radical (unpaired) electrons. The molecule has 4 heteroatoms. The molecule has 0 heterocycles. The van der Waals surface area contributed by atoms with E-state index in [4.69, 9.17) is 4.74 Å². The van der Waals surface area contributed by atoms with Crippen molar-refractivity contribution in [3.63, 3.8) is 0 Å². The molecule has 0 bridgehead atoms. The highest BCUT2D eigenvalue weighted by Gasteiger charge is 2.06. The van der Waals surface area contributed by atoms with Crippen LogP contribution in [-0.2, 0) is 4.79 Å². The van der Waals surface area contributed by atoms with Crippen molar-refractivity contribution in [3.05, 3.63) is 48.5 Å². The van der Waals surface area contributed by atoms with Gasteiger partial charge < -0.3 is 15.4 Å². The first-order valence-corrected chi connectivity index (χ1v) is 7.38. The number of benzene rings is 2. The number of carbonyl (C=O) groups is 1. The monoisotopic (exact) mass is 298 g/mol. The first kappa shape index (κ1) is 15.9. The number of para-hydroxylation sites is 2. The highest BCUT2D eigenvalue weighted by atomic mass is 16.5. The van der Waals surface area contributed by atoms with Gasteiger partial charge >= 0.3 is 0 Å². The molecule has 116 valence electrons. The molecule has 0 aromatic heterocycles. The highest BCUT2D eigenvalue weighted by molar-refractivity contribution is 5.91. The molecule has 0 spiro atoms. The maximum absolute atomic E-state index is 11.7. The Hall–Kier alpha value is -2.49. The van der Waals surface area contributed by atoms with Crippen molar-refractivity contribution >= 4 is 23.0 Å². The Bertz CT molecular complexity index is 621. The van der Waals surface area contributed by atoms with Gasteiger partial charge in [0.25, 0.3) is 0 Å². The Morgan fingerprint density at radius 1 is 1.05 bits per heavy atom. The van der Waals surface area contributed by atoms with E-state index in [1.807, 2.05) is 62.4 Å². The lowest BCUT2D eigenvalue weighted by atomic mass is 10.1. The molecular weight excluding hydrogens is 276 g/mol. The minimum Gasteiger partial charge on any atom is -0.495 e. The Morgan fingerprint density at radius 3 is 2.32 bits per heavy atom. The lowest BCUT2D eigenvalue weighted by Crippen LogP contribution is -2.13. The number of hydrogen-bond acceptors (Lipinski definition) is 3. The number of amides is 1. The second-order valence-corrected chi connectivity index (χ2v) is 5.55. The number of hydrogen-bond donors (Lipinski definition) is 2. The van der Waals surface area contributed by atoms with Gasteiger partial charge in [-0.2, -0.15) is 0 Å². The van der Waals surface area contributed by atoms with Crippen LogP contribution in [-0.4, -0.2) is 13.0 Å². The second-order valence-electron chi connectivity index (χ2n) is 5.55. The fourth-order valence-electron chi connectivity index (χ4n) is 2.12. The molecule has 2 rings (SSSR count). The van der Waals surface area contributed by atoms with Crippen molar-refractivity contribution in [2.24, 2.45) is 5.92 Å². The van der Waals surface area contributed by atoms with Crippen molar-refractivity contribution in [1.29, 1.82) is 0 Å². The van der Waals surface area contributed by atoms with Crippen molar-refractivity contribution in [3.8, 4) is 5.75 Å². The molecule has 2 aromatic carbocycles. The first-order chi connectivity index (χ1) is 10.6. The van der Waals surface area contributed by atoms with Gasteiger partial charge in [-0.1, -0.05) is 26.0 Å². The topological polar surface area (TPSA) is 50.4 Å². The average Bonchev–Trinajstić information content (AvgIpc) is 2.49. The van der Waals surface area contributed by atoms with Crippen molar-refractivity contribution in [2.75, 3.05) is 17.7 Å². The molecule has 0 saturated carbocycles. The van der Waals surface area contributed by atoms with Crippen LogP contribution < -0.4 is 15.4 Å². The molecule has 4 nitrogen and oxygen atoms in total. The summed E-state index contributed by atoms with van der Waals surface area (Å²) in [5.74, 6) is 1.18. The first-order valence-electron chi connectivity index (χ1n) is 7.38. The van der Waals surface area contributed by atoms with E-state index in [1.54, 1.807) is 7.11 Å². The van der Waals surface area contributed by atoms with Gasteiger partial charge in [0, 0.05) is 17.8 Å². The fourth-order valence-corrected chi connectivity index (χ4v) is 2.12. The van der Waals surface area contributed by atoms with E-state index < -0.39 is 0 Å². The summed E-state index contributed by atoms with van der Waals surface area (Å²) in [6.45, 7) is 4.06. The third kappa shape index (κ3) is 4.52. The molecule has 0 atom stereocenters. The van der Waals surface area contributed by atoms with E-state index in [9.17, 15) is 4.79 Å². The van der Waals surface area contributed by atoms with Crippen molar-refractivity contribution in [2.45, 2.75) is 20.3 Å². The maximum Gasteiger partial charge on any atom is 0.224 e. The van der Waals surface area contributed by atoms with Crippen LogP contribution in [0.5, 0.6) is 5.75 Å². The zero-order valence-electron chi connectivity index (χ0n) is 13.2. The molecule has 0 aliphatic rings. The zero-order valence-corrected chi connectivity index (χ0v) is 13.2. The van der Waals surface area contributed by atoms with Gasteiger partial charge in [-0.05, 0) is 42.3 Å². The molecule has 22 heavy (non-hydrogen) atoms. The smallest absolute Gasteiger partial charge is 0.224 e. The van der Waals surface area contributed by atoms with Gasteiger partial charge in [-0.3, -0.25) is 4.79 Å². The number of methoxy groups -OCH3 is 1. The van der Waals surface area contributed by atoms with Gasteiger partial charge in [0.1, 0.15) is 5.75 Å². The van der Waals surface area contributed by atoms with Crippen LogP contribution >= 0.6 is 0 Å². The van der Waals surface area contributed by atoms with E-state index in [0.29, 0.717) is 12.3 Å². The molecule has 0 saturated heterocycles. The number of nitrogens with one attached hydrogen (secondary N) is 2. The highest BCUT2D eigenvalue weighted by Crippen LogP contribution is 2.27. The van der Waals surface area contributed by atoms with E-state index >= 15 is 0 Å². The normalized spacial score (nSPS) is 10.4. The van der Waals surface area contributed by atoms with Gasteiger partial charge in [0.2, 0.25) is 5.91 Å². The Labute approximate surface area is 131 Å². The van der Waals surface area contributed by atoms with Crippen LogP contribution in [0.4, 0.5) is 17.1 Å². The summed E-state index contributed by atoms with van der Waals surface area (Å²) < 4.78 is 5.31. The predicted molar refractivity (Wildman–Crippen MR) is 90.8 cm³/mol. The summed E-state index contributed by atoms with van der Waals surface area (Å²) >= 11 is 0. The SMILES string of the molecule is COc1ccccc1Nc1ccc(NC(=O)CC(C)C)cc1. The second kappa shape index (κ2) is 7.50. The summed E-state index contributed by atoms with van der Waals surface area (Å²) in [7, 11) is 1.65. The predicted octanol–water partition coefficient (Wildman–Crippen LogP) is 4.42. The molecule has 1 amide bonds. The lowest BCUT2D eigenvalue weighted by Gasteiger charge is -2.12. The number of carbonyl (C=O) groups excluding carboxylic acids is 1. The van der Waals surface area contributed by atoms with Crippen molar-refractivity contribution < 1.29 is 9.53 Å². The van der Waals surface area contributed by atoms with Gasteiger partial charge in [0.15, 0.2) is 0 Å². The minimum atomic E-state index is 0.0421. The average molecular weight is 298 g/mol. The van der Waals surface area contributed by atoms with Crippen LogP contribution in [0.25, 0.3) is 0 Å². The standard InChI is InChI=1S/C18H22N2O2/c1-13(2)12-18(21)20-15-10-8-14(9-11-15)19-16-6-4-5-7-17(16)22-3/h4-11,13,19H,12H2,1-3H3,(H,20,21). The van der Waals surface area contributed by atoms with E-state index in [0.717, 1.165) is 22.8 Å². The van der Waals surface area contributed by atoms with Gasteiger partial charge in [-0.25, -0.2) is 0 Å². The molecule has 0 aliphatic heterocycles. The number of ether oxygens (including phenoxy) is 1. The van der Waals surface area contributed by atoms with Crippen LogP contribution in [0.1, 0.15) is 20.3 Å². The number of anilines is 3. The molecular formula is C18H22N2O2. The van der Waals surface area contributed by atoms with Crippen molar-refractivity contribution in [1.82, 2.24) is 0 Å². The van der Waals surface area contributed by atoms with Gasteiger partial charge in [0.05, 0.1) is 12.8 Å². The van der Waals surface area contributed by atoms with E-state index in [-0.39, 0.29) is 5.91 Å². The largest absolute Gasteiger partial charge is 0.495 e. The van der Waals surface area contributed by atoms with Crippen LogP contribution in [0, 0.1) is 5.92 Å². The van der Waals surface area contributed by atoms with Gasteiger partial charge in [-0.15, -0.1) is 0 Å². The molecule has 0 unspecified atom stereocenters.